The molecule has 0 bridgehead atoms. The maximum absolute atomic E-state index is 10.2. The van der Waals surface area contributed by atoms with Gasteiger partial charge in [-0.2, -0.15) is 0 Å². The molecular formula is C4H4NO3. The fourth-order valence-electron chi connectivity index (χ4n) is 0.475. The van der Waals surface area contributed by atoms with Gasteiger partial charge < -0.3 is 5.11 Å². The number of imide groups is 1. The molecule has 4 heteroatoms. The van der Waals surface area contributed by atoms with E-state index >= 15 is 0 Å². The molecule has 1 aliphatic rings. The van der Waals surface area contributed by atoms with Crippen LogP contribution in [0.5, 0.6) is 0 Å². The molecule has 0 saturated carbocycles. The third-order valence-electron chi connectivity index (χ3n) is 0.843. The Morgan fingerprint density at radius 2 is 2.12 bits per heavy atom. The molecule has 1 heterocycles. The van der Waals surface area contributed by atoms with Gasteiger partial charge in [-0.3, -0.25) is 14.9 Å². The van der Waals surface area contributed by atoms with E-state index in [0.717, 1.165) is 0 Å². The maximum Gasteiger partial charge on any atom is 0.262 e. The minimum Gasteiger partial charge on any atom is -0.376 e. The fraction of sp³-hybridized carbons (Fsp3) is 0.250. The lowest BCUT2D eigenvalue weighted by Gasteiger charge is -1.86. The first-order chi connectivity index (χ1) is 3.70. The van der Waals surface area contributed by atoms with Crippen molar-refractivity contribution in [3.8, 4) is 0 Å². The Labute approximate surface area is 45.5 Å². The average Bonchev–Trinajstić information content (AvgIpc) is 1.85. The quantitative estimate of drug-likeness (QED) is 0.394. The van der Waals surface area contributed by atoms with Crippen LogP contribution in [0.15, 0.2) is 0 Å². The predicted octanol–water partition coefficient (Wildman–Crippen LogP) is -1.06. The number of carbonyl (C=O) groups is 2. The van der Waals surface area contributed by atoms with Crippen LogP contribution >= 0.6 is 0 Å². The molecule has 4 nitrogen and oxygen atoms in total. The second kappa shape index (κ2) is 1.56. The molecule has 43 valence electrons. The number of carbonyl (C=O) groups excluding carboxylic acids is 2. The lowest BCUT2D eigenvalue weighted by molar-refractivity contribution is -0.125. The summed E-state index contributed by atoms with van der Waals surface area (Å²) >= 11 is 0. The van der Waals surface area contributed by atoms with E-state index < -0.39 is 17.9 Å². The highest BCUT2D eigenvalue weighted by molar-refractivity contribution is 6.09. The smallest absolute Gasteiger partial charge is 0.262 e. The van der Waals surface area contributed by atoms with Gasteiger partial charge in [0, 0.05) is 0 Å². The average molecular weight is 114 g/mol. The highest BCUT2D eigenvalue weighted by Crippen LogP contribution is 2.06. The molecule has 0 aromatic rings. The second-order valence-electron chi connectivity index (χ2n) is 1.50. The van der Waals surface area contributed by atoms with Crippen LogP contribution in [0.3, 0.4) is 0 Å². The highest BCUT2D eigenvalue weighted by Gasteiger charge is 2.29. The van der Waals surface area contributed by atoms with Gasteiger partial charge in [0.1, 0.15) is 0 Å². The number of hydrogen-bond donors (Lipinski definition) is 2. The Bertz CT molecular complexity index is 142. The SMILES string of the molecule is O=C1C[C](O)C(=O)N1. The minimum atomic E-state index is -0.671. The van der Waals surface area contributed by atoms with Crippen molar-refractivity contribution in [1.82, 2.24) is 5.32 Å². The molecule has 0 aliphatic carbocycles. The zero-order valence-electron chi connectivity index (χ0n) is 3.97. The Balaban J connectivity index is 2.64. The summed E-state index contributed by atoms with van der Waals surface area (Å²) in [4.78, 5) is 20.3. The molecule has 1 saturated heterocycles. The number of nitrogens with one attached hydrogen (secondary N) is 1. The van der Waals surface area contributed by atoms with E-state index in [9.17, 15) is 9.59 Å². The molecule has 0 aromatic carbocycles. The Kier molecular flexibility index (Phi) is 1.02. The first-order valence-electron chi connectivity index (χ1n) is 2.09. The van der Waals surface area contributed by atoms with Crippen molar-refractivity contribution in [3.05, 3.63) is 6.10 Å². The largest absolute Gasteiger partial charge is 0.376 e. The van der Waals surface area contributed by atoms with Crippen molar-refractivity contribution < 1.29 is 14.7 Å². The molecule has 0 atom stereocenters. The number of aliphatic hydroxyl groups excluding tert-OH is 1. The molecule has 8 heavy (non-hydrogen) atoms. The Morgan fingerprint density at radius 3 is 2.25 bits per heavy atom. The summed E-state index contributed by atoms with van der Waals surface area (Å²) < 4.78 is 0. The lowest BCUT2D eigenvalue weighted by atomic mass is 10.3. The van der Waals surface area contributed by atoms with Gasteiger partial charge in [-0.25, -0.2) is 0 Å². The fourth-order valence-corrected chi connectivity index (χ4v) is 0.475. The monoisotopic (exact) mass is 114 g/mol. The molecule has 1 aliphatic heterocycles. The van der Waals surface area contributed by atoms with Gasteiger partial charge >= 0.3 is 0 Å². The standard InChI is InChI=1S/C4H4NO3/c6-2-1-3(7)5-4(2)8/h6H,1H2,(H,5,7,8). The van der Waals surface area contributed by atoms with E-state index in [1.165, 1.54) is 0 Å². The number of rotatable bonds is 0. The van der Waals surface area contributed by atoms with Crippen LogP contribution in [0.25, 0.3) is 0 Å². The first kappa shape index (κ1) is 5.24. The Morgan fingerprint density at radius 1 is 1.50 bits per heavy atom. The topological polar surface area (TPSA) is 66.4 Å². The van der Waals surface area contributed by atoms with Gasteiger partial charge in [-0.05, 0) is 0 Å². The van der Waals surface area contributed by atoms with Crippen LogP contribution in [0.1, 0.15) is 6.42 Å². The van der Waals surface area contributed by atoms with Crippen molar-refractivity contribution in [2.24, 2.45) is 0 Å². The summed E-state index contributed by atoms with van der Waals surface area (Å²) in [6, 6.07) is 0. The van der Waals surface area contributed by atoms with Crippen molar-refractivity contribution in [1.29, 1.82) is 0 Å². The first-order valence-corrected chi connectivity index (χ1v) is 2.09. The molecule has 1 rings (SSSR count). The molecular weight excluding hydrogens is 110 g/mol. The summed E-state index contributed by atoms with van der Waals surface area (Å²) in [6.45, 7) is 0. The molecule has 1 fully saturated rings. The van der Waals surface area contributed by atoms with Gasteiger partial charge in [0.05, 0.1) is 6.42 Å². The minimum absolute atomic E-state index is 0.168. The number of hydrogen-bond acceptors (Lipinski definition) is 3. The third kappa shape index (κ3) is 0.696. The van der Waals surface area contributed by atoms with E-state index in [-0.39, 0.29) is 6.42 Å². The zero-order valence-corrected chi connectivity index (χ0v) is 3.97. The number of amides is 2. The molecule has 2 N–H and O–H groups in total. The van der Waals surface area contributed by atoms with Crippen LogP contribution in [0.2, 0.25) is 0 Å². The van der Waals surface area contributed by atoms with Gasteiger partial charge in [0.15, 0.2) is 6.10 Å². The highest BCUT2D eigenvalue weighted by atomic mass is 16.3. The van der Waals surface area contributed by atoms with Crippen LogP contribution in [-0.2, 0) is 9.59 Å². The van der Waals surface area contributed by atoms with Crippen molar-refractivity contribution >= 4 is 11.8 Å². The van der Waals surface area contributed by atoms with Crippen molar-refractivity contribution in [3.63, 3.8) is 0 Å². The van der Waals surface area contributed by atoms with E-state index in [1.54, 1.807) is 0 Å². The van der Waals surface area contributed by atoms with Crippen LogP contribution in [-0.4, -0.2) is 16.9 Å². The summed E-state index contributed by atoms with van der Waals surface area (Å²) in [5, 5.41) is 10.4. The summed E-state index contributed by atoms with van der Waals surface area (Å²) in [5.74, 6) is -1.11. The van der Waals surface area contributed by atoms with Gasteiger partial charge in [0.25, 0.3) is 5.91 Å². The number of aliphatic hydroxyl groups is 1. The molecule has 1 radical (unpaired) electrons. The zero-order chi connectivity index (χ0) is 6.15. The van der Waals surface area contributed by atoms with E-state index in [1.807, 2.05) is 5.32 Å². The molecule has 0 unspecified atom stereocenters. The summed E-state index contributed by atoms with van der Waals surface area (Å²) in [6.07, 6.45) is -0.561. The molecule has 2 amide bonds. The molecule has 0 spiro atoms. The van der Waals surface area contributed by atoms with Crippen LogP contribution < -0.4 is 5.32 Å². The summed E-state index contributed by atoms with van der Waals surface area (Å²) in [5.41, 5.74) is 0. The lowest BCUT2D eigenvalue weighted by Crippen LogP contribution is -2.21. The van der Waals surface area contributed by atoms with Crippen LogP contribution in [0.4, 0.5) is 0 Å². The second-order valence-corrected chi connectivity index (χ2v) is 1.50. The normalized spacial score (nSPS) is 21.6. The van der Waals surface area contributed by atoms with E-state index in [0.29, 0.717) is 0 Å². The van der Waals surface area contributed by atoms with Crippen molar-refractivity contribution in [2.75, 3.05) is 0 Å². The van der Waals surface area contributed by atoms with Gasteiger partial charge in [0.2, 0.25) is 5.91 Å². The Hall–Kier alpha value is -0.900. The predicted molar refractivity (Wildman–Crippen MR) is 22.9 cm³/mol. The maximum atomic E-state index is 10.2. The summed E-state index contributed by atoms with van der Waals surface area (Å²) in [7, 11) is 0. The van der Waals surface area contributed by atoms with E-state index in [4.69, 9.17) is 5.11 Å². The van der Waals surface area contributed by atoms with Crippen molar-refractivity contribution in [2.45, 2.75) is 6.42 Å². The van der Waals surface area contributed by atoms with Crippen LogP contribution in [0, 0.1) is 6.10 Å². The van der Waals surface area contributed by atoms with E-state index in [2.05, 4.69) is 0 Å². The van der Waals surface area contributed by atoms with Gasteiger partial charge in [-0.1, -0.05) is 0 Å². The third-order valence-corrected chi connectivity index (χ3v) is 0.843. The van der Waals surface area contributed by atoms with Gasteiger partial charge in [-0.15, -0.1) is 0 Å². The molecule has 0 aromatic heterocycles.